The van der Waals surface area contributed by atoms with Crippen LogP contribution in [0.3, 0.4) is 0 Å². The van der Waals surface area contributed by atoms with E-state index in [-0.39, 0.29) is 0 Å². The van der Waals surface area contributed by atoms with Gasteiger partial charge < -0.3 is 15.4 Å². The third kappa shape index (κ3) is 6.91. The van der Waals surface area contributed by atoms with Crippen molar-refractivity contribution in [1.82, 2.24) is 10.6 Å². The van der Waals surface area contributed by atoms with Crippen molar-refractivity contribution in [2.45, 2.75) is 32.1 Å². The van der Waals surface area contributed by atoms with Crippen LogP contribution in [0.15, 0.2) is 22.5 Å². The van der Waals surface area contributed by atoms with Crippen LogP contribution in [0, 0.1) is 0 Å². The molecular weight excluding hydrogens is 270 g/mol. The second-order valence-electron chi connectivity index (χ2n) is 4.85. The molecule has 0 radical (unpaired) electrons. The first-order valence-electron chi connectivity index (χ1n) is 7.24. The van der Waals surface area contributed by atoms with Crippen LogP contribution in [0.4, 0.5) is 0 Å². The molecule has 1 rings (SSSR count). The van der Waals surface area contributed by atoms with E-state index < -0.39 is 0 Å². The van der Waals surface area contributed by atoms with Crippen LogP contribution >= 0.6 is 11.3 Å². The van der Waals surface area contributed by atoms with Crippen molar-refractivity contribution >= 4 is 17.3 Å². The third-order valence-corrected chi connectivity index (χ3v) is 4.25. The smallest absolute Gasteiger partial charge is 0.190 e. The van der Waals surface area contributed by atoms with Crippen LogP contribution in [0.1, 0.15) is 37.0 Å². The number of thiophene rings is 1. The number of hydrogen-bond acceptors (Lipinski definition) is 3. The molecule has 0 bridgehead atoms. The Labute approximate surface area is 126 Å². The molecule has 1 unspecified atom stereocenters. The van der Waals surface area contributed by atoms with Gasteiger partial charge in [-0.15, -0.1) is 11.3 Å². The number of aliphatic imine (C=N–C) groups is 1. The second kappa shape index (κ2) is 10.7. The molecule has 20 heavy (non-hydrogen) atoms. The van der Waals surface area contributed by atoms with Crippen molar-refractivity contribution in [3.63, 3.8) is 0 Å². The minimum Gasteiger partial charge on any atom is -0.385 e. The van der Waals surface area contributed by atoms with Crippen LogP contribution < -0.4 is 10.6 Å². The predicted molar refractivity (Wildman–Crippen MR) is 87.8 cm³/mol. The van der Waals surface area contributed by atoms with Crippen molar-refractivity contribution in [2.75, 3.05) is 33.9 Å². The molecule has 0 fully saturated rings. The number of hydrogen-bond donors (Lipinski definition) is 2. The van der Waals surface area contributed by atoms with Gasteiger partial charge in [-0.2, -0.15) is 0 Å². The number of unbranched alkanes of at least 4 members (excludes halogenated alkanes) is 2. The number of ether oxygens (including phenoxy) is 1. The number of guanidine groups is 1. The number of nitrogens with zero attached hydrogens (tertiary/aromatic N) is 1. The van der Waals surface area contributed by atoms with Crippen LogP contribution in [-0.2, 0) is 4.74 Å². The Morgan fingerprint density at radius 2 is 2.20 bits per heavy atom. The first-order chi connectivity index (χ1) is 9.77. The number of methoxy groups -OCH3 is 1. The fourth-order valence-corrected chi connectivity index (χ4v) is 2.68. The first-order valence-corrected chi connectivity index (χ1v) is 8.12. The van der Waals surface area contributed by atoms with Crippen molar-refractivity contribution in [3.8, 4) is 0 Å². The highest BCUT2D eigenvalue weighted by Crippen LogP contribution is 2.19. The summed E-state index contributed by atoms with van der Waals surface area (Å²) in [6.07, 6.45) is 3.45. The number of nitrogens with one attached hydrogen (secondary N) is 2. The summed E-state index contributed by atoms with van der Waals surface area (Å²) in [6.45, 7) is 4.95. The molecule has 5 heteroatoms. The summed E-state index contributed by atoms with van der Waals surface area (Å²) in [4.78, 5) is 5.66. The van der Waals surface area contributed by atoms with Gasteiger partial charge >= 0.3 is 0 Å². The normalized spacial score (nSPS) is 13.2. The molecule has 0 aliphatic carbocycles. The van der Waals surface area contributed by atoms with E-state index in [1.54, 1.807) is 7.11 Å². The van der Waals surface area contributed by atoms with Crippen LogP contribution in [0.5, 0.6) is 0 Å². The van der Waals surface area contributed by atoms with Crippen LogP contribution in [0.2, 0.25) is 0 Å². The van der Waals surface area contributed by atoms with E-state index in [0.717, 1.165) is 38.5 Å². The topological polar surface area (TPSA) is 45.7 Å². The lowest BCUT2D eigenvalue weighted by Gasteiger charge is -2.15. The highest BCUT2D eigenvalue weighted by atomic mass is 32.1. The summed E-state index contributed by atoms with van der Waals surface area (Å²) >= 11 is 1.81. The van der Waals surface area contributed by atoms with Crippen LogP contribution in [0.25, 0.3) is 0 Å². The summed E-state index contributed by atoms with van der Waals surface area (Å²) in [5.41, 5.74) is 0. The molecule has 0 spiro atoms. The van der Waals surface area contributed by atoms with Gasteiger partial charge in [0, 0.05) is 44.6 Å². The molecule has 0 aromatic carbocycles. The predicted octanol–water partition coefficient (Wildman–Crippen LogP) is 2.83. The average molecular weight is 297 g/mol. The van der Waals surface area contributed by atoms with Crippen LogP contribution in [-0.4, -0.2) is 39.8 Å². The lowest BCUT2D eigenvalue weighted by molar-refractivity contribution is 0.192. The van der Waals surface area contributed by atoms with Gasteiger partial charge in [-0.05, 0) is 30.7 Å². The van der Waals surface area contributed by atoms with E-state index in [1.165, 1.54) is 11.3 Å². The molecule has 1 aromatic heterocycles. The lowest BCUT2D eigenvalue weighted by atomic mass is 10.1. The van der Waals surface area contributed by atoms with E-state index in [2.05, 4.69) is 40.1 Å². The standard InChI is InChI=1S/C15H27N3OS/c1-13(14-8-7-11-20-14)12-18-15(16-2)17-9-5-4-6-10-19-3/h7-8,11,13H,4-6,9-10,12H2,1-3H3,(H2,16,17,18). The fraction of sp³-hybridized carbons (Fsp3) is 0.667. The van der Waals surface area contributed by atoms with Gasteiger partial charge in [0.2, 0.25) is 0 Å². The molecule has 1 heterocycles. The van der Waals surface area contributed by atoms with Crippen molar-refractivity contribution in [1.29, 1.82) is 0 Å². The molecule has 0 saturated carbocycles. The molecule has 114 valence electrons. The third-order valence-electron chi connectivity index (χ3n) is 3.15. The van der Waals surface area contributed by atoms with Gasteiger partial charge in [0.15, 0.2) is 5.96 Å². The molecule has 2 N–H and O–H groups in total. The Morgan fingerprint density at radius 3 is 2.85 bits per heavy atom. The zero-order valence-corrected chi connectivity index (χ0v) is 13.6. The molecule has 1 atom stereocenters. The maximum absolute atomic E-state index is 5.04. The lowest BCUT2D eigenvalue weighted by Crippen LogP contribution is -2.39. The number of rotatable bonds is 9. The largest absolute Gasteiger partial charge is 0.385 e. The Bertz CT molecular complexity index is 365. The van der Waals surface area contributed by atoms with Crippen molar-refractivity contribution in [3.05, 3.63) is 22.4 Å². The molecule has 1 aromatic rings. The molecule has 0 amide bonds. The second-order valence-corrected chi connectivity index (χ2v) is 5.83. The van der Waals surface area contributed by atoms with Crippen molar-refractivity contribution in [2.24, 2.45) is 4.99 Å². The first kappa shape index (κ1) is 17.0. The average Bonchev–Trinajstić information content (AvgIpc) is 2.99. The van der Waals surface area contributed by atoms with E-state index in [9.17, 15) is 0 Å². The monoisotopic (exact) mass is 297 g/mol. The minimum atomic E-state index is 0.509. The summed E-state index contributed by atoms with van der Waals surface area (Å²) in [6, 6.07) is 4.28. The van der Waals surface area contributed by atoms with E-state index >= 15 is 0 Å². The van der Waals surface area contributed by atoms with Gasteiger partial charge in [-0.25, -0.2) is 0 Å². The highest BCUT2D eigenvalue weighted by molar-refractivity contribution is 7.10. The fourth-order valence-electron chi connectivity index (χ4n) is 1.90. The Morgan fingerprint density at radius 1 is 1.35 bits per heavy atom. The van der Waals surface area contributed by atoms with Gasteiger partial charge in [-0.1, -0.05) is 13.0 Å². The van der Waals surface area contributed by atoms with E-state index in [0.29, 0.717) is 5.92 Å². The van der Waals surface area contributed by atoms with E-state index in [1.807, 2.05) is 18.4 Å². The van der Waals surface area contributed by atoms with Gasteiger partial charge in [-0.3, -0.25) is 4.99 Å². The highest BCUT2D eigenvalue weighted by Gasteiger charge is 2.07. The maximum atomic E-state index is 5.04. The molecular formula is C15H27N3OS. The quantitative estimate of drug-likeness (QED) is 0.418. The van der Waals surface area contributed by atoms with Gasteiger partial charge in [0.05, 0.1) is 0 Å². The summed E-state index contributed by atoms with van der Waals surface area (Å²) in [5, 5.41) is 8.85. The zero-order chi connectivity index (χ0) is 14.6. The Hall–Kier alpha value is -1.07. The summed E-state index contributed by atoms with van der Waals surface area (Å²) < 4.78 is 5.04. The van der Waals surface area contributed by atoms with Crippen molar-refractivity contribution < 1.29 is 4.74 Å². The molecule has 4 nitrogen and oxygen atoms in total. The molecule has 0 aliphatic rings. The molecule has 0 saturated heterocycles. The summed E-state index contributed by atoms with van der Waals surface area (Å²) in [5.74, 6) is 1.40. The zero-order valence-electron chi connectivity index (χ0n) is 12.8. The Balaban J connectivity index is 2.13. The summed E-state index contributed by atoms with van der Waals surface area (Å²) in [7, 11) is 3.56. The van der Waals surface area contributed by atoms with Gasteiger partial charge in [0.1, 0.15) is 0 Å². The SMILES string of the molecule is CN=C(NCCCCCOC)NCC(C)c1cccs1. The van der Waals surface area contributed by atoms with E-state index in [4.69, 9.17) is 4.74 Å². The Kier molecular flexibility index (Phi) is 9.07. The maximum Gasteiger partial charge on any atom is 0.190 e. The van der Waals surface area contributed by atoms with Gasteiger partial charge in [0.25, 0.3) is 0 Å². The molecule has 0 aliphatic heterocycles. The minimum absolute atomic E-state index is 0.509.